The lowest BCUT2D eigenvalue weighted by Gasteiger charge is -2.48. The van der Waals surface area contributed by atoms with Crippen molar-refractivity contribution in [3.63, 3.8) is 0 Å². The van der Waals surface area contributed by atoms with Gasteiger partial charge in [-0.1, -0.05) is 0 Å². The predicted octanol–water partition coefficient (Wildman–Crippen LogP) is -3.59. The molecule has 12 nitrogen and oxygen atoms in total. The number of aliphatic hydroxyl groups excluding tert-OH is 2. The van der Waals surface area contributed by atoms with Crippen LogP contribution in [0.4, 0.5) is 0 Å². The Hall–Kier alpha value is -0.480. The van der Waals surface area contributed by atoms with Crippen molar-refractivity contribution in [3.8, 4) is 0 Å². The zero-order valence-electron chi connectivity index (χ0n) is 19.0. The largest absolute Gasteiger partial charge is 0.388 e. The third-order valence-corrected chi connectivity index (χ3v) is 6.81. The Morgan fingerprint density at radius 3 is 2.16 bits per heavy atom. The minimum Gasteiger partial charge on any atom is -0.388 e. The van der Waals surface area contributed by atoms with Gasteiger partial charge in [0.05, 0.1) is 24.8 Å². The second-order valence-corrected chi connectivity index (χ2v) is 9.69. The van der Waals surface area contributed by atoms with E-state index in [1.165, 1.54) is 0 Å². The molecule has 2 aliphatic heterocycles. The monoisotopic (exact) mass is 463 g/mol. The van der Waals surface area contributed by atoms with E-state index in [0.29, 0.717) is 12.8 Å². The highest BCUT2D eigenvalue weighted by Gasteiger charge is 2.50. The zero-order valence-corrected chi connectivity index (χ0v) is 19.0. The predicted molar refractivity (Wildman–Crippen MR) is 115 cm³/mol. The van der Waals surface area contributed by atoms with Crippen molar-refractivity contribution in [2.75, 3.05) is 13.7 Å². The number of nitrogens with two attached hydrogens (primary N) is 4. The Morgan fingerprint density at radius 1 is 1.00 bits per heavy atom. The molecule has 2 heterocycles. The molecule has 0 radical (unpaired) electrons. The summed E-state index contributed by atoms with van der Waals surface area (Å²) in [5.41, 5.74) is 23.3. The first-order valence-electron chi connectivity index (χ1n) is 11.3. The van der Waals surface area contributed by atoms with Gasteiger partial charge in [-0.2, -0.15) is 0 Å². The fourth-order valence-electron chi connectivity index (χ4n) is 4.87. The molecule has 0 aromatic carbocycles. The van der Waals surface area contributed by atoms with Crippen LogP contribution in [0.2, 0.25) is 0 Å². The normalized spacial score (nSPS) is 51.4. The molecule has 12 heteroatoms. The summed E-state index contributed by atoms with van der Waals surface area (Å²) >= 11 is 0. The lowest BCUT2D eigenvalue weighted by atomic mass is 9.84. The molecule has 12 N–H and O–H groups in total. The SMILES string of the molecule is CN[C@@H]1[C@@H](O)[C@@H](O[C@@H]2[C@@H](O)[C@H](O[C@H]3OC([C@@H](C)N)CC[C@H]3N)[C@@H](N)C[C@H]2N)OC[C@]1(C)O. The van der Waals surface area contributed by atoms with E-state index < -0.39 is 60.7 Å². The van der Waals surface area contributed by atoms with Crippen molar-refractivity contribution < 1.29 is 34.3 Å². The number of aliphatic hydroxyl groups is 3. The second kappa shape index (κ2) is 10.4. The average Bonchev–Trinajstić information content (AvgIpc) is 2.71. The number of nitrogens with one attached hydrogen (secondary N) is 1. The molecule has 0 spiro atoms. The van der Waals surface area contributed by atoms with Crippen LogP contribution in [0, 0.1) is 0 Å². The molecule has 2 saturated heterocycles. The van der Waals surface area contributed by atoms with E-state index in [4.69, 9.17) is 41.9 Å². The minimum absolute atomic E-state index is 0.0683. The van der Waals surface area contributed by atoms with Crippen LogP contribution >= 0.6 is 0 Å². The van der Waals surface area contributed by atoms with Gasteiger partial charge in [-0.05, 0) is 40.2 Å². The molecule has 13 atom stereocenters. The molecular weight excluding hydrogens is 422 g/mol. The maximum Gasteiger partial charge on any atom is 0.185 e. The van der Waals surface area contributed by atoms with Gasteiger partial charge < -0.3 is 62.5 Å². The molecule has 1 saturated carbocycles. The summed E-state index contributed by atoms with van der Waals surface area (Å²) in [6.45, 7) is 3.34. The van der Waals surface area contributed by atoms with E-state index in [0.717, 1.165) is 6.42 Å². The minimum atomic E-state index is -1.29. The van der Waals surface area contributed by atoms with Gasteiger partial charge in [0.15, 0.2) is 12.6 Å². The zero-order chi connectivity index (χ0) is 23.8. The summed E-state index contributed by atoms with van der Waals surface area (Å²) in [4.78, 5) is 0. The summed E-state index contributed by atoms with van der Waals surface area (Å²) < 4.78 is 23.4. The first kappa shape index (κ1) is 26.1. The number of rotatable bonds is 6. The molecule has 0 aromatic rings. The fourth-order valence-corrected chi connectivity index (χ4v) is 4.87. The van der Waals surface area contributed by atoms with E-state index in [1.54, 1.807) is 14.0 Å². The van der Waals surface area contributed by atoms with Gasteiger partial charge >= 0.3 is 0 Å². The summed E-state index contributed by atoms with van der Waals surface area (Å²) in [5.74, 6) is 0. The van der Waals surface area contributed by atoms with Gasteiger partial charge in [0.2, 0.25) is 0 Å². The van der Waals surface area contributed by atoms with Gasteiger partial charge in [-0.15, -0.1) is 0 Å². The van der Waals surface area contributed by atoms with Crippen LogP contribution in [0.5, 0.6) is 0 Å². The Bertz CT molecular complexity index is 615. The number of hydrogen-bond acceptors (Lipinski definition) is 12. The van der Waals surface area contributed by atoms with Crippen molar-refractivity contribution in [2.45, 2.75) is 112 Å². The van der Waals surface area contributed by atoms with E-state index in [1.807, 2.05) is 6.92 Å². The van der Waals surface area contributed by atoms with Gasteiger partial charge in [-0.3, -0.25) is 0 Å². The lowest BCUT2D eigenvalue weighted by Crippen LogP contribution is -2.68. The van der Waals surface area contributed by atoms with Crippen LogP contribution in [0.1, 0.15) is 33.1 Å². The Labute approximate surface area is 188 Å². The maximum absolute atomic E-state index is 11.1. The van der Waals surface area contributed by atoms with Crippen molar-refractivity contribution in [1.29, 1.82) is 0 Å². The van der Waals surface area contributed by atoms with Gasteiger partial charge in [0, 0.05) is 18.1 Å². The van der Waals surface area contributed by atoms with Gasteiger partial charge in [0.1, 0.15) is 30.0 Å². The molecule has 3 aliphatic rings. The van der Waals surface area contributed by atoms with Crippen LogP contribution in [-0.4, -0.2) is 108 Å². The second-order valence-electron chi connectivity index (χ2n) is 9.69. The maximum atomic E-state index is 11.1. The topological polar surface area (TPSA) is 214 Å². The van der Waals surface area contributed by atoms with Crippen LogP contribution in [-0.2, 0) is 18.9 Å². The Morgan fingerprint density at radius 2 is 1.59 bits per heavy atom. The van der Waals surface area contributed by atoms with Gasteiger partial charge in [-0.25, -0.2) is 0 Å². The Balaban J connectivity index is 1.69. The highest BCUT2D eigenvalue weighted by atomic mass is 16.7. The fraction of sp³-hybridized carbons (Fsp3) is 1.00. The van der Waals surface area contributed by atoms with Crippen LogP contribution in [0.15, 0.2) is 0 Å². The summed E-state index contributed by atoms with van der Waals surface area (Å²) in [6, 6.07) is -2.47. The van der Waals surface area contributed by atoms with E-state index >= 15 is 0 Å². The summed E-state index contributed by atoms with van der Waals surface area (Å²) in [7, 11) is 1.62. The third-order valence-electron chi connectivity index (χ3n) is 6.81. The molecular formula is C20H41N5O7. The smallest absolute Gasteiger partial charge is 0.185 e. The van der Waals surface area contributed by atoms with E-state index in [9.17, 15) is 15.3 Å². The molecule has 32 heavy (non-hydrogen) atoms. The average molecular weight is 464 g/mol. The van der Waals surface area contributed by atoms with E-state index in [2.05, 4.69) is 5.32 Å². The molecule has 0 aromatic heterocycles. The summed E-state index contributed by atoms with van der Waals surface area (Å²) in [5, 5.41) is 35.0. The van der Waals surface area contributed by atoms with Crippen molar-refractivity contribution in [2.24, 2.45) is 22.9 Å². The van der Waals surface area contributed by atoms with Crippen LogP contribution in [0.25, 0.3) is 0 Å². The van der Waals surface area contributed by atoms with Crippen molar-refractivity contribution >= 4 is 0 Å². The first-order valence-corrected chi connectivity index (χ1v) is 11.3. The number of ether oxygens (including phenoxy) is 4. The molecule has 3 rings (SSSR count). The van der Waals surface area contributed by atoms with Crippen molar-refractivity contribution in [1.82, 2.24) is 5.32 Å². The van der Waals surface area contributed by atoms with E-state index in [-0.39, 0.29) is 24.8 Å². The summed E-state index contributed by atoms with van der Waals surface area (Å²) in [6.07, 6.45) is -4.58. The van der Waals surface area contributed by atoms with Crippen molar-refractivity contribution in [3.05, 3.63) is 0 Å². The quantitative estimate of drug-likeness (QED) is 0.192. The molecule has 3 fully saturated rings. The molecule has 188 valence electrons. The molecule has 0 bridgehead atoms. The van der Waals surface area contributed by atoms with Crippen LogP contribution < -0.4 is 28.3 Å². The Kier molecular flexibility index (Phi) is 8.51. The highest BCUT2D eigenvalue weighted by Crippen LogP contribution is 2.31. The van der Waals surface area contributed by atoms with Crippen LogP contribution in [0.3, 0.4) is 0 Å². The first-order chi connectivity index (χ1) is 15.0. The number of likely N-dealkylation sites (N-methyl/N-ethyl adjacent to an activating group) is 1. The number of hydrogen-bond donors (Lipinski definition) is 8. The van der Waals surface area contributed by atoms with Gasteiger partial charge in [0.25, 0.3) is 0 Å². The molecule has 0 amide bonds. The highest BCUT2D eigenvalue weighted by molar-refractivity contribution is 5.02. The third kappa shape index (κ3) is 5.43. The lowest BCUT2D eigenvalue weighted by molar-refractivity contribution is -0.307. The molecule has 1 unspecified atom stereocenters. The standard InChI is InChI=1S/C20H41N5O7/c1-8(21)12-5-4-9(22)18(30-12)31-15-10(23)6-11(24)16(13(15)26)32-19-14(27)17(25-3)20(2,28)7-29-19/h8-19,25-28H,4-7,21-24H2,1-3H3/t8-,9-,10+,11-,12?,13+,14-,15-,16+,17-,18-,19-,20+/m1/s1. The molecule has 1 aliphatic carbocycles.